The first-order chi connectivity index (χ1) is 12.3. The van der Waals surface area contributed by atoms with E-state index in [9.17, 15) is 79.0 Å². The molecule has 1 aliphatic carbocycles. The molecule has 0 radical (unpaired) electrons. The highest BCUT2D eigenvalue weighted by Crippen LogP contribution is 2.72. The van der Waals surface area contributed by atoms with Crippen molar-refractivity contribution in [2.45, 2.75) is 36.3 Å². The molecular formula is C11F18. The summed E-state index contributed by atoms with van der Waals surface area (Å²) in [6.45, 7) is 0. The van der Waals surface area contributed by atoms with Crippen molar-refractivity contribution in [3.8, 4) is 0 Å². The number of allylic oxidation sites excluding steroid dienone is 3. The Bertz CT molecular complexity index is 719. The maximum atomic E-state index is 13.5. The number of halogens is 18. The molecule has 29 heavy (non-hydrogen) atoms. The third-order valence-corrected chi connectivity index (χ3v) is 3.69. The minimum atomic E-state index is -8.42. The van der Waals surface area contributed by atoms with Gasteiger partial charge in [-0.25, -0.2) is 4.39 Å². The molecule has 0 bridgehead atoms. The van der Waals surface area contributed by atoms with Crippen molar-refractivity contribution >= 4 is 0 Å². The van der Waals surface area contributed by atoms with E-state index in [2.05, 4.69) is 0 Å². The quantitative estimate of drug-likeness (QED) is 0.380. The van der Waals surface area contributed by atoms with Crippen molar-refractivity contribution in [1.29, 1.82) is 0 Å². The van der Waals surface area contributed by atoms with Crippen LogP contribution in [0.3, 0.4) is 0 Å². The Balaban J connectivity index is 4.48. The first-order valence-corrected chi connectivity index (χ1v) is 6.15. The minimum absolute atomic E-state index is 4.60. The molecular weight excluding hydrogens is 474 g/mol. The fourth-order valence-electron chi connectivity index (χ4n) is 2.45. The summed E-state index contributed by atoms with van der Waals surface area (Å²) >= 11 is 0. The molecule has 0 spiro atoms. The van der Waals surface area contributed by atoms with Crippen molar-refractivity contribution in [3.63, 3.8) is 0 Å². The normalized spacial score (nSPS) is 21.1. The van der Waals surface area contributed by atoms with Gasteiger partial charge in [0.2, 0.25) is 0 Å². The first kappa shape index (κ1) is 25.3. The highest BCUT2D eigenvalue weighted by Gasteiger charge is 2.93. The molecule has 0 aliphatic heterocycles. The fraction of sp³-hybridized carbons (Fsp3) is 0.636. The van der Waals surface area contributed by atoms with Crippen molar-refractivity contribution < 1.29 is 79.0 Å². The van der Waals surface area contributed by atoms with Crippen molar-refractivity contribution in [1.82, 2.24) is 0 Å². The van der Waals surface area contributed by atoms with Crippen LogP contribution in [0, 0.1) is 5.41 Å². The SMILES string of the molecule is FC(F)=C1C(C(C(F)(F)F)(C(F)(F)F)C(F)(F)C(F)(F)F)=C(F)C(F)(F)C1(F)F. The average molecular weight is 474 g/mol. The van der Waals surface area contributed by atoms with Crippen LogP contribution in [0.15, 0.2) is 23.1 Å². The maximum Gasteiger partial charge on any atom is 0.455 e. The monoisotopic (exact) mass is 474 g/mol. The van der Waals surface area contributed by atoms with Crippen molar-refractivity contribution in [2.24, 2.45) is 5.41 Å². The number of hydrogen-bond donors (Lipinski definition) is 0. The summed E-state index contributed by atoms with van der Waals surface area (Å²) in [5.74, 6) is -27.4. The van der Waals surface area contributed by atoms with E-state index in [4.69, 9.17) is 0 Å². The van der Waals surface area contributed by atoms with Crippen molar-refractivity contribution in [3.05, 3.63) is 23.1 Å². The predicted molar refractivity (Wildman–Crippen MR) is 52.8 cm³/mol. The second kappa shape index (κ2) is 6.12. The van der Waals surface area contributed by atoms with Crippen LogP contribution < -0.4 is 0 Å². The maximum absolute atomic E-state index is 13.5. The summed E-state index contributed by atoms with van der Waals surface area (Å²) in [4.78, 5) is 0. The van der Waals surface area contributed by atoms with Gasteiger partial charge in [-0.1, -0.05) is 0 Å². The van der Waals surface area contributed by atoms with Gasteiger partial charge >= 0.3 is 36.3 Å². The largest absolute Gasteiger partial charge is 0.455 e. The van der Waals surface area contributed by atoms with Gasteiger partial charge in [-0.2, -0.15) is 74.6 Å². The lowest BCUT2D eigenvalue weighted by molar-refractivity contribution is -0.434. The Morgan fingerprint density at radius 3 is 1.17 bits per heavy atom. The van der Waals surface area contributed by atoms with E-state index in [1.165, 1.54) is 0 Å². The number of alkyl halides is 15. The highest BCUT2D eigenvalue weighted by atomic mass is 19.4. The van der Waals surface area contributed by atoms with Crippen LogP contribution in [-0.4, -0.2) is 36.3 Å². The van der Waals surface area contributed by atoms with Crippen LogP contribution in [0.25, 0.3) is 0 Å². The number of hydrogen-bond acceptors (Lipinski definition) is 0. The molecule has 0 amide bonds. The van der Waals surface area contributed by atoms with Crippen molar-refractivity contribution in [2.75, 3.05) is 0 Å². The van der Waals surface area contributed by atoms with Gasteiger partial charge in [0.15, 0.2) is 5.83 Å². The molecule has 170 valence electrons. The second-order valence-corrected chi connectivity index (χ2v) is 5.29. The molecule has 18 heteroatoms. The van der Waals surface area contributed by atoms with E-state index in [-0.39, 0.29) is 0 Å². The smallest absolute Gasteiger partial charge is 0.204 e. The third kappa shape index (κ3) is 2.87. The molecule has 0 aromatic rings. The van der Waals surface area contributed by atoms with Crippen LogP contribution >= 0.6 is 0 Å². The Morgan fingerprint density at radius 1 is 0.586 bits per heavy atom. The van der Waals surface area contributed by atoms with Gasteiger partial charge in [0.05, 0.1) is 0 Å². The topological polar surface area (TPSA) is 0 Å². The molecule has 0 nitrogen and oxygen atoms in total. The summed E-state index contributed by atoms with van der Waals surface area (Å²) in [6.07, 6.45) is -29.2. The van der Waals surface area contributed by atoms with Gasteiger partial charge in [0, 0.05) is 5.57 Å². The van der Waals surface area contributed by atoms with Gasteiger partial charge in [-0.15, -0.1) is 0 Å². The van der Waals surface area contributed by atoms with Gasteiger partial charge in [0.25, 0.3) is 11.5 Å². The van der Waals surface area contributed by atoms with E-state index in [0.717, 1.165) is 0 Å². The lowest BCUT2D eigenvalue weighted by Gasteiger charge is -2.43. The van der Waals surface area contributed by atoms with E-state index in [1.54, 1.807) is 0 Å². The zero-order chi connectivity index (χ0) is 23.8. The zero-order valence-corrected chi connectivity index (χ0v) is 12.3. The van der Waals surface area contributed by atoms with Gasteiger partial charge in [-0.05, 0) is 0 Å². The molecule has 1 rings (SSSR count). The standard InChI is InChI=1S/C11F18/c12-3-1(2(4(13)14)6(15,16)7(3,17)18)5(9(21,22)23,10(24,25)26)8(19,20)11(27,28)29. The summed E-state index contributed by atoms with van der Waals surface area (Å²) in [6, 6.07) is 0. The van der Waals surface area contributed by atoms with E-state index in [0.29, 0.717) is 0 Å². The molecule has 0 fully saturated rings. The average Bonchev–Trinajstić information content (AvgIpc) is 2.52. The Kier molecular flexibility index (Phi) is 5.33. The lowest BCUT2D eigenvalue weighted by Crippen LogP contribution is -2.67. The predicted octanol–water partition coefficient (Wildman–Crippen LogP) is 6.95. The lowest BCUT2D eigenvalue weighted by atomic mass is 9.70. The molecule has 0 N–H and O–H groups in total. The first-order valence-electron chi connectivity index (χ1n) is 6.15. The summed E-state index contributed by atoms with van der Waals surface area (Å²) < 4.78 is 234. The molecule has 0 unspecified atom stereocenters. The fourth-order valence-corrected chi connectivity index (χ4v) is 2.45. The third-order valence-electron chi connectivity index (χ3n) is 3.69. The number of rotatable bonds is 2. The minimum Gasteiger partial charge on any atom is -0.204 e. The van der Waals surface area contributed by atoms with Crippen LogP contribution in [0.4, 0.5) is 79.0 Å². The zero-order valence-electron chi connectivity index (χ0n) is 12.3. The summed E-state index contributed by atoms with van der Waals surface area (Å²) in [7, 11) is 0. The van der Waals surface area contributed by atoms with Crippen LogP contribution in [0.1, 0.15) is 0 Å². The molecule has 0 atom stereocenters. The van der Waals surface area contributed by atoms with E-state index >= 15 is 0 Å². The Morgan fingerprint density at radius 2 is 0.931 bits per heavy atom. The van der Waals surface area contributed by atoms with Gasteiger partial charge in [0.1, 0.15) is 5.57 Å². The summed E-state index contributed by atoms with van der Waals surface area (Å²) in [5.41, 5.74) is -17.9. The molecule has 0 saturated carbocycles. The van der Waals surface area contributed by atoms with Crippen LogP contribution in [0.5, 0.6) is 0 Å². The Hall–Kier alpha value is -1.78. The summed E-state index contributed by atoms with van der Waals surface area (Å²) in [5, 5.41) is 0. The van der Waals surface area contributed by atoms with E-state index in [1.807, 2.05) is 0 Å². The second-order valence-electron chi connectivity index (χ2n) is 5.29. The highest BCUT2D eigenvalue weighted by molar-refractivity contribution is 5.56. The van der Waals surface area contributed by atoms with Gasteiger partial charge in [-0.3, -0.25) is 0 Å². The molecule has 0 aromatic carbocycles. The Labute approximate surface area is 145 Å². The molecule has 0 heterocycles. The molecule has 0 aromatic heterocycles. The molecule has 0 saturated heterocycles. The van der Waals surface area contributed by atoms with Crippen LogP contribution in [-0.2, 0) is 0 Å². The van der Waals surface area contributed by atoms with Crippen LogP contribution in [0.2, 0.25) is 0 Å². The van der Waals surface area contributed by atoms with Gasteiger partial charge < -0.3 is 0 Å². The molecule has 1 aliphatic rings. The van der Waals surface area contributed by atoms with E-state index < -0.39 is 64.8 Å².